The number of anilines is 2. The summed E-state index contributed by atoms with van der Waals surface area (Å²) < 4.78 is 5.36. The maximum Gasteiger partial charge on any atom is 0.409 e. The highest BCUT2D eigenvalue weighted by Crippen LogP contribution is 2.19. The number of hydrogen-bond acceptors (Lipinski definition) is 5. The van der Waals surface area contributed by atoms with Crippen molar-refractivity contribution in [3.8, 4) is 0 Å². The van der Waals surface area contributed by atoms with Crippen LogP contribution < -0.4 is 10.2 Å². The summed E-state index contributed by atoms with van der Waals surface area (Å²) in [4.78, 5) is 31.4. The van der Waals surface area contributed by atoms with E-state index in [1.54, 1.807) is 17.2 Å². The zero-order valence-electron chi connectivity index (χ0n) is 14.8. The number of carbonyl (C=O) groups excluding carboxylic acids is 2. The Morgan fingerprint density at radius 2 is 1.92 bits per heavy atom. The molecule has 0 saturated carbocycles. The summed E-state index contributed by atoms with van der Waals surface area (Å²) >= 11 is 0. The third-order valence-corrected chi connectivity index (χ3v) is 3.56. The molecule has 7 nitrogen and oxygen atoms in total. The Kier molecular flexibility index (Phi) is 5.64. The van der Waals surface area contributed by atoms with Gasteiger partial charge in [-0.3, -0.25) is 4.79 Å². The van der Waals surface area contributed by atoms with Gasteiger partial charge in [0, 0.05) is 51.1 Å². The molecular formula is C17H26N4O3. The van der Waals surface area contributed by atoms with E-state index in [9.17, 15) is 9.59 Å². The molecule has 1 aliphatic heterocycles. The van der Waals surface area contributed by atoms with Gasteiger partial charge in [-0.2, -0.15) is 0 Å². The highest BCUT2D eigenvalue weighted by atomic mass is 16.6. The van der Waals surface area contributed by atoms with Crippen LogP contribution in [0.3, 0.4) is 0 Å². The van der Waals surface area contributed by atoms with Gasteiger partial charge in [0.25, 0.3) is 0 Å². The summed E-state index contributed by atoms with van der Waals surface area (Å²) in [7, 11) is 0. The van der Waals surface area contributed by atoms with Gasteiger partial charge in [0.1, 0.15) is 5.82 Å². The fourth-order valence-corrected chi connectivity index (χ4v) is 2.36. The average Bonchev–Trinajstić information content (AvgIpc) is 2.52. The molecule has 1 aromatic heterocycles. The molecule has 0 radical (unpaired) electrons. The zero-order chi connectivity index (χ0) is 17.7. The van der Waals surface area contributed by atoms with Crippen molar-refractivity contribution in [2.24, 2.45) is 5.41 Å². The fourth-order valence-electron chi connectivity index (χ4n) is 2.36. The van der Waals surface area contributed by atoms with Gasteiger partial charge in [0.05, 0.1) is 6.61 Å². The van der Waals surface area contributed by atoms with Gasteiger partial charge < -0.3 is 19.9 Å². The van der Waals surface area contributed by atoms with Crippen LogP contribution in [0.5, 0.6) is 0 Å². The number of nitrogens with zero attached hydrogens (tertiary/aromatic N) is 3. The summed E-state index contributed by atoms with van der Waals surface area (Å²) in [6.45, 7) is 10.5. The smallest absolute Gasteiger partial charge is 0.409 e. The third kappa shape index (κ3) is 5.40. The van der Waals surface area contributed by atoms with E-state index in [4.69, 9.17) is 4.74 Å². The lowest BCUT2D eigenvalue weighted by molar-refractivity contribution is -0.114. The second-order valence-electron chi connectivity index (χ2n) is 7.17. The van der Waals surface area contributed by atoms with Crippen LogP contribution in [0.4, 0.5) is 16.3 Å². The molecular weight excluding hydrogens is 308 g/mol. The monoisotopic (exact) mass is 334 g/mol. The second kappa shape index (κ2) is 7.51. The van der Waals surface area contributed by atoms with E-state index in [-0.39, 0.29) is 17.4 Å². The van der Waals surface area contributed by atoms with Crippen LogP contribution in [0.2, 0.25) is 0 Å². The van der Waals surface area contributed by atoms with E-state index in [1.165, 1.54) is 6.92 Å². The molecule has 1 fully saturated rings. The van der Waals surface area contributed by atoms with E-state index in [2.05, 4.69) is 15.2 Å². The Labute approximate surface area is 143 Å². The lowest BCUT2D eigenvalue weighted by Gasteiger charge is -2.35. The van der Waals surface area contributed by atoms with Gasteiger partial charge in [-0.1, -0.05) is 20.8 Å². The zero-order valence-corrected chi connectivity index (χ0v) is 14.8. The predicted octanol–water partition coefficient (Wildman–Crippen LogP) is 2.34. The molecule has 132 valence electrons. The summed E-state index contributed by atoms with van der Waals surface area (Å²) in [6, 6.07) is 3.60. The topological polar surface area (TPSA) is 74.8 Å². The van der Waals surface area contributed by atoms with Gasteiger partial charge in [0.15, 0.2) is 0 Å². The van der Waals surface area contributed by atoms with E-state index in [1.807, 2.05) is 26.8 Å². The number of rotatable bonds is 3. The van der Waals surface area contributed by atoms with Gasteiger partial charge in [-0.15, -0.1) is 0 Å². The number of aromatic nitrogens is 1. The van der Waals surface area contributed by atoms with Crippen LogP contribution in [-0.4, -0.2) is 54.7 Å². The predicted molar refractivity (Wildman–Crippen MR) is 93.1 cm³/mol. The number of nitrogens with one attached hydrogen (secondary N) is 1. The Morgan fingerprint density at radius 1 is 1.25 bits per heavy atom. The van der Waals surface area contributed by atoms with Crippen molar-refractivity contribution >= 4 is 23.5 Å². The standard InChI is InChI=1S/C17H26N4O3/c1-13(22)19-14-5-6-18-15(11-14)20-7-9-21(10-8-20)16(23)24-12-17(2,3)4/h5-6,11H,7-10,12H2,1-4H3,(H,18,19,22). The largest absolute Gasteiger partial charge is 0.449 e. The Hall–Kier alpha value is -2.31. The number of hydrogen-bond donors (Lipinski definition) is 1. The van der Waals surface area contributed by atoms with E-state index >= 15 is 0 Å². The van der Waals surface area contributed by atoms with Crippen molar-refractivity contribution in [3.05, 3.63) is 18.3 Å². The molecule has 2 amide bonds. The SMILES string of the molecule is CC(=O)Nc1ccnc(N2CCN(C(=O)OCC(C)(C)C)CC2)c1. The number of piperazine rings is 1. The van der Waals surface area contributed by atoms with Gasteiger partial charge in [-0.05, 0) is 11.5 Å². The molecule has 0 aromatic carbocycles. The number of pyridine rings is 1. The first kappa shape index (κ1) is 18.0. The van der Waals surface area contributed by atoms with Crippen molar-refractivity contribution in [1.29, 1.82) is 0 Å². The van der Waals surface area contributed by atoms with Crippen LogP contribution in [0, 0.1) is 5.41 Å². The molecule has 0 unspecified atom stereocenters. The van der Waals surface area contributed by atoms with Crippen LogP contribution in [0.25, 0.3) is 0 Å². The van der Waals surface area contributed by atoms with Gasteiger partial charge >= 0.3 is 6.09 Å². The van der Waals surface area contributed by atoms with E-state index in [0.717, 1.165) is 11.5 Å². The van der Waals surface area contributed by atoms with Crippen molar-refractivity contribution in [3.63, 3.8) is 0 Å². The van der Waals surface area contributed by atoms with E-state index in [0.29, 0.717) is 32.8 Å². The summed E-state index contributed by atoms with van der Waals surface area (Å²) in [5.41, 5.74) is 0.686. The summed E-state index contributed by atoms with van der Waals surface area (Å²) in [6.07, 6.45) is 1.41. The minimum atomic E-state index is -0.260. The van der Waals surface area contributed by atoms with Crippen molar-refractivity contribution in [1.82, 2.24) is 9.88 Å². The first-order chi connectivity index (χ1) is 11.2. The summed E-state index contributed by atoms with van der Waals surface area (Å²) in [5, 5.41) is 2.75. The molecule has 0 spiro atoms. The van der Waals surface area contributed by atoms with E-state index < -0.39 is 0 Å². The molecule has 2 rings (SSSR count). The Balaban J connectivity index is 1.88. The van der Waals surface area contributed by atoms with Crippen molar-refractivity contribution in [2.75, 3.05) is 43.0 Å². The maximum absolute atomic E-state index is 12.1. The third-order valence-electron chi connectivity index (χ3n) is 3.56. The first-order valence-corrected chi connectivity index (χ1v) is 8.15. The van der Waals surface area contributed by atoms with Crippen LogP contribution in [0.15, 0.2) is 18.3 Å². The summed E-state index contributed by atoms with van der Waals surface area (Å²) in [5.74, 6) is 0.683. The normalized spacial score (nSPS) is 15.2. The molecule has 24 heavy (non-hydrogen) atoms. The van der Waals surface area contributed by atoms with Crippen LogP contribution in [0.1, 0.15) is 27.7 Å². The molecule has 7 heteroatoms. The molecule has 1 aromatic rings. The highest BCUT2D eigenvalue weighted by molar-refractivity contribution is 5.89. The first-order valence-electron chi connectivity index (χ1n) is 8.15. The Morgan fingerprint density at radius 3 is 2.50 bits per heavy atom. The minimum absolute atomic E-state index is 0.0362. The quantitative estimate of drug-likeness (QED) is 0.918. The van der Waals surface area contributed by atoms with Crippen molar-refractivity contribution in [2.45, 2.75) is 27.7 Å². The van der Waals surface area contributed by atoms with Crippen LogP contribution >= 0.6 is 0 Å². The second-order valence-corrected chi connectivity index (χ2v) is 7.17. The maximum atomic E-state index is 12.1. The van der Waals surface area contributed by atoms with Gasteiger partial charge in [-0.25, -0.2) is 9.78 Å². The Bertz CT molecular complexity index is 590. The molecule has 1 N–H and O–H groups in total. The fraction of sp³-hybridized carbons (Fsp3) is 0.588. The minimum Gasteiger partial charge on any atom is -0.449 e. The molecule has 2 heterocycles. The number of ether oxygens (including phenoxy) is 1. The molecule has 1 aliphatic rings. The van der Waals surface area contributed by atoms with Crippen LogP contribution in [-0.2, 0) is 9.53 Å². The lowest BCUT2D eigenvalue weighted by Crippen LogP contribution is -2.49. The van der Waals surface area contributed by atoms with Crippen molar-refractivity contribution < 1.29 is 14.3 Å². The molecule has 0 aliphatic carbocycles. The number of amides is 2. The average molecular weight is 334 g/mol. The number of carbonyl (C=O) groups is 2. The molecule has 0 atom stereocenters. The molecule has 1 saturated heterocycles. The molecule has 0 bridgehead atoms. The highest BCUT2D eigenvalue weighted by Gasteiger charge is 2.24. The van der Waals surface area contributed by atoms with Gasteiger partial charge in [0.2, 0.25) is 5.91 Å². The lowest BCUT2D eigenvalue weighted by atomic mass is 9.99.